The van der Waals surface area contributed by atoms with Gasteiger partial charge in [0.05, 0.1) is 16.6 Å². The maximum absolute atomic E-state index is 13.1. The molecule has 0 saturated carbocycles. The van der Waals surface area contributed by atoms with Gasteiger partial charge in [-0.1, -0.05) is 23.7 Å². The average Bonchev–Trinajstić information content (AvgIpc) is 3.23. The summed E-state index contributed by atoms with van der Waals surface area (Å²) in [6, 6.07) is 8.69. The molecule has 4 rings (SSSR count). The second-order valence-electron chi connectivity index (χ2n) is 9.21. The fraction of sp³-hybridized carbons (Fsp3) is 0.360. The minimum absolute atomic E-state index is 0.0633. The number of nitrogens with one attached hydrogen (secondary N) is 2. The van der Waals surface area contributed by atoms with E-state index >= 15 is 0 Å². The lowest BCUT2D eigenvalue weighted by atomic mass is 9.95. The molecule has 3 aromatic rings. The van der Waals surface area contributed by atoms with Crippen molar-refractivity contribution in [2.24, 2.45) is 0 Å². The zero-order chi connectivity index (χ0) is 25.2. The third-order valence-electron chi connectivity index (χ3n) is 5.45. The van der Waals surface area contributed by atoms with Crippen LogP contribution in [0.3, 0.4) is 0 Å². The first-order valence-electron chi connectivity index (χ1n) is 11.3. The molecule has 1 aromatic carbocycles. The molecule has 2 heterocycles. The number of aliphatic hydroxyl groups excluding tert-OH is 1. The number of amides is 2. The molecule has 8 nitrogen and oxygen atoms in total. The Labute approximate surface area is 212 Å². The van der Waals surface area contributed by atoms with Gasteiger partial charge in [0, 0.05) is 27.6 Å². The first kappa shape index (κ1) is 25.1. The molecule has 1 aliphatic rings. The van der Waals surface area contributed by atoms with Crippen molar-refractivity contribution in [3.63, 3.8) is 0 Å². The molecule has 0 bridgehead atoms. The van der Waals surface area contributed by atoms with Crippen LogP contribution in [0.4, 0.5) is 10.6 Å². The van der Waals surface area contributed by atoms with Gasteiger partial charge in [0.25, 0.3) is 5.91 Å². The van der Waals surface area contributed by atoms with E-state index in [1.54, 1.807) is 32.9 Å². The number of anilines is 1. The van der Waals surface area contributed by atoms with Gasteiger partial charge in [-0.2, -0.15) is 0 Å². The van der Waals surface area contributed by atoms with Crippen molar-refractivity contribution < 1.29 is 19.4 Å². The van der Waals surface area contributed by atoms with E-state index in [1.807, 2.05) is 18.2 Å². The van der Waals surface area contributed by atoms with Crippen LogP contribution < -0.4 is 10.6 Å². The summed E-state index contributed by atoms with van der Waals surface area (Å²) in [6.45, 7) is 5.32. The van der Waals surface area contributed by atoms with E-state index in [-0.39, 0.29) is 18.6 Å². The SMILES string of the molecule is CC(C)(C)OC(=O)Nc1ncnc2c1CCc1sc(C(=O)N[C@@H](CCO)c3ccc(Cl)cc3)cc1-2. The van der Waals surface area contributed by atoms with E-state index in [4.69, 9.17) is 16.3 Å². The van der Waals surface area contributed by atoms with Crippen LogP contribution in [0.5, 0.6) is 0 Å². The van der Waals surface area contributed by atoms with Gasteiger partial charge in [0.2, 0.25) is 0 Å². The molecule has 1 aliphatic carbocycles. The number of aromatic nitrogens is 2. The zero-order valence-electron chi connectivity index (χ0n) is 19.7. The largest absolute Gasteiger partial charge is 0.444 e. The van der Waals surface area contributed by atoms with E-state index in [9.17, 15) is 14.7 Å². The zero-order valence-corrected chi connectivity index (χ0v) is 21.3. The molecule has 184 valence electrons. The van der Waals surface area contributed by atoms with E-state index in [1.165, 1.54) is 17.7 Å². The number of aliphatic hydroxyl groups is 1. The molecule has 10 heteroatoms. The van der Waals surface area contributed by atoms with Crippen molar-refractivity contribution in [2.75, 3.05) is 11.9 Å². The summed E-state index contributed by atoms with van der Waals surface area (Å²) in [5, 5.41) is 15.9. The van der Waals surface area contributed by atoms with Crippen LogP contribution in [0.1, 0.15) is 58.9 Å². The van der Waals surface area contributed by atoms with Gasteiger partial charge in [-0.15, -0.1) is 11.3 Å². The van der Waals surface area contributed by atoms with Gasteiger partial charge in [0.1, 0.15) is 17.7 Å². The van der Waals surface area contributed by atoms with Crippen LogP contribution in [0.2, 0.25) is 5.02 Å². The second-order valence-corrected chi connectivity index (χ2v) is 10.8. The molecular weight excluding hydrogens is 488 g/mol. The molecule has 0 fully saturated rings. The molecule has 35 heavy (non-hydrogen) atoms. The number of aryl methyl sites for hydroxylation is 1. The summed E-state index contributed by atoms with van der Waals surface area (Å²) in [7, 11) is 0. The van der Waals surface area contributed by atoms with E-state index in [0.29, 0.717) is 40.7 Å². The third kappa shape index (κ3) is 5.98. The predicted molar refractivity (Wildman–Crippen MR) is 136 cm³/mol. The molecule has 2 amide bonds. The average molecular weight is 515 g/mol. The number of thiophene rings is 1. The summed E-state index contributed by atoms with van der Waals surface area (Å²) in [5.74, 6) is 0.193. The van der Waals surface area contributed by atoms with Crippen molar-refractivity contribution in [2.45, 2.75) is 51.7 Å². The van der Waals surface area contributed by atoms with Crippen LogP contribution in [-0.4, -0.2) is 39.3 Å². The lowest BCUT2D eigenvalue weighted by Crippen LogP contribution is -2.28. The third-order valence-corrected chi connectivity index (χ3v) is 6.90. The number of hydrogen-bond donors (Lipinski definition) is 3. The maximum atomic E-state index is 13.1. The smallest absolute Gasteiger partial charge is 0.413 e. The van der Waals surface area contributed by atoms with Crippen LogP contribution >= 0.6 is 22.9 Å². The van der Waals surface area contributed by atoms with E-state index < -0.39 is 11.7 Å². The van der Waals surface area contributed by atoms with Crippen LogP contribution in [0.25, 0.3) is 11.3 Å². The summed E-state index contributed by atoms with van der Waals surface area (Å²) >= 11 is 7.41. The molecule has 0 radical (unpaired) electrons. The van der Waals surface area contributed by atoms with Gasteiger partial charge < -0.3 is 15.2 Å². The lowest BCUT2D eigenvalue weighted by Gasteiger charge is -2.21. The Morgan fingerprint density at radius 1 is 1.20 bits per heavy atom. The predicted octanol–water partition coefficient (Wildman–Crippen LogP) is 5.16. The topological polar surface area (TPSA) is 113 Å². The molecule has 0 unspecified atom stereocenters. The van der Waals surface area contributed by atoms with Crippen molar-refractivity contribution in [3.05, 3.63) is 62.6 Å². The monoisotopic (exact) mass is 514 g/mol. The van der Waals surface area contributed by atoms with Gasteiger partial charge in [-0.25, -0.2) is 14.8 Å². The summed E-state index contributed by atoms with van der Waals surface area (Å²) < 4.78 is 5.35. The van der Waals surface area contributed by atoms with Gasteiger partial charge >= 0.3 is 6.09 Å². The Hall–Kier alpha value is -3.01. The van der Waals surface area contributed by atoms with Crippen molar-refractivity contribution in [1.29, 1.82) is 0 Å². The Bertz CT molecular complexity index is 1240. The Balaban J connectivity index is 1.56. The summed E-state index contributed by atoms with van der Waals surface area (Å²) in [6.07, 6.45) is 2.54. The highest BCUT2D eigenvalue weighted by Crippen LogP contribution is 2.39. The normalized spacial score (nSPS) is 13.4. The lowest BCUT2D eigenvalue weighted by molar-refractivity contribution is 0.0635. The van der Waals surface area contributed by atoms with Crippen molar-refractivity contribution in [3.8, 4) is 11.3 Å². The fourth-order valence-electron chi connectivity index (χ4n) is 3.93. The minimum Gasteiger partial charge on any atom is -0.444 e. The van der Waals surface area contributed by atoms with Crippen LogP contribution in [-0.2, 0) is 17.6 Å². The number of carbonyl (C=O) groups is 2. The number of ether oxygens (including phenoxy) is 1. The van der Waals surface area contributed by atoms with Crippen LogP contribution in [0.15, 0.2) is 36.7 Å². The Morgan fingerprint density at radius 2 is 1.94 bits per heavy atom. The Kier molecular flexibility index (Phi) is 7.39. The molecule has 0 spiro atoms. The van der Waals surface area contributed by atoms with Gasteiger partial charge in [-0.05, 0) is 63.8 Å². The second kappa shape index (κ2) is 10.3. The first-order valence-corrected chi connectivity index (χ1v) is 12.5. The number of rotatable bonds is 6. The summed E-state index contributed by atoms with van der Waals surface area (Å²) in [5.41, 5.74) is 2.62. The number of fused-ring (bicyclic) bond motifs is 3. The van der Waals surface area contributed by atoms with Gasteiger partial charge in [-0.3, -0.25) is 10.1 Å². The highest BCUT2D eigenvalue weighted by Gasteiger charge is 2.27. The first-order chi connectivity index (χ1) is 16.6. The van der Waals surface area contributed by atoms with Crippen LogP contribution in [0, 0.1) is 0 Å². The quantitative estimate of drug-likeness (QED) is 0.419. The number of halogens is 1. The Morgan fingerprint density at radius 3 is 2.63 bits per heavy atom. The number of benzene rings is 1. The summed E-state index contributed by atoms with van der Waals surface area (Å²) in [4.78, 5) is 35.7. The molecule has 3 N–H and O–H groups in total. The molecular formula is C25H27ClN4O4S. The van der Waals surface area contributed by atoms with Crippen molar-refractivity contribution in [1.82, 2.24) is 15.3 Å². The number of carbonyl (C=O) groups excluding carboxylic acids is 2. The van der Waals surface area contributed by atoms with Gasteiger partial charge in [0.15, 0.2) is 0 Å². The molecule has 0 saturated heterocycles. The standard InChI is InChI=1S/C25H27ClN4O4S/c1-25(2,3)34-24(33)30-22-16-8-9-19-17(21(16)27-13-28-22)12-20(35-19)23(32)29-18(10-11-31)14-4-6-15(26)7-5-14/h4-7,12-13,18,31H,8-11H2,1-3H3,(H,29,32)(H,27,28,30,33)/t18-/m0/s1. The molecule has 2 aromatic heterocycles. The maximum Gasteiger partial charge on any atom is 0.413 e. The van der Waals surface area contributed by atoms with E-state index in [2.05, 4.69) is 20.6 Å². The molecule has 1 atom stereocenters. The number of hydrogen-bond acceptors (Lipinski definition) is 7. The van der Waals surface area contributed by atoms with Crippen molar-refractivity contribution >= 4 is 40.8 Å². The minimum atomic E-state index is -0.625. The fourth-order valence-corrected chi connectivity index (χ4v) is 5.12. The van der Waals surface area contributed by atoms with E-state index in [0.717, 1.165) is 21.6 Å². The highest BCUT2D eigenvalue weighted by molar-refractivity contribution is 7.14. The molecule has 0 aliphatic heterocycles. The number of nitrogens with zero attached hydrogens (tertiary/aromatic N) is 2. The highest BCUT2D eigenvalue weighted by atomic mass is 35.5.